The van der Waals surface area contributed by atoms with E-state index in [2.05, 4.69) is 29.6 Å². The Balaban J connectivity index is 1.46. The summed E-state index contributed by atoms with van der Waals surface area (Å²) in [4.78, 5) is 14.4. The minimum atomic E-state index is -1.67. The first-order valence-electron chi connectivity index (χ1n) is 13.9. The zero-order chi connectivity index (χ0) is 28.7. The number of amides is 1. The van der Waals surface area contributed by atoms with E-state index < -0.39 is 31.0 Å². The molecule has 0 radical (unpaired) electrons. The van der Waals surface area contributed by atoms with Gasteiger partial charge in [0.05, 0.1) is 12.7 Å². The molecule has 8 heteroatoms. The Hall–Kier alpha value is -3.11. The van der Waals surface area contributed by atoms with Crippen LogP contribution < -0.4 is 5.32 Å². The maximum absolute atomic E-state index is 12.5. The largest absolute Gasteiger partial charge is 0.394 e. The first-order valence-corrected chi connectivity index (χ1v) is 13.9. The monoisotopic (exact) mass is 550 g/mol. The van der Waals surface area contributed by atoms with Crippen molar-refractivity contribution >= 4 is 5.91 Å². The predicted molar refractivity (Wildman–Crippen MR) is 156 cm³/mol. The standard InChI is InChI=1S/C32H42N2O6/c35-23-29(37)32(40)31(39)28(36)22-34(20-7-10-24-8-3-1-4-9-24)21-19-33-30(38)18-15-25-13-16-27(17-14-25)26-11-5-2-6-12-26/h1-6,8-9,11-14,16-17,28-29,31-32,35-37,39-40H,7,10,15,18-23H2,(H,33,38)/t28-,29+,31+,32+/m0/s1. The van der Waals surface area contributed by atoms with Crippen LogP contribution in [0.3, 0.4) is 0 Å². The van der Waals surface area contributed by atoms with Crippen LogP contribution in [0.1, 0.15) is 24.0 Å². The number of hydrogen-bond acceptors (Lipinski definition) is 7. The maximum atomic E-state index is 12.5. The lowest BCUT2D eigenvalue weighted by molar-refractivity contribution is -0.121. The van der Waals surface area contributed by atoms with Crippen LogP contribution in [0.4, 0.5) is 0 Å². The number of rotatable bonds is 17. The molecule has 0 aromatic heterocycles. The van der Waals surface area contributed by atoms with Gasteiger partial charge in [0.1, 0.15) is 18.3 Å². The molecule has 8 nitrogen and oxygen atoms in total. The van der Waals surface area contributed by atoms with Gasteiger partial charge in [-0.2, -0.15) is 0 Å². The van der Waals surface area contributed by atoms with Crippen LogP contribution in [0.15, 0.2) is 84.9 Å². The van der Waals surface area contributed by atoms with Gasteiger partial charge < -0.3 is 30.8 Å². The zero-order valence-corrected chi connectivity index (χ0v) is 22.8. The number of hydrogen-bond donors (Lipinski definition) is 6. The van der Waals surface area contributed by atoms with Crippen LogP contribution in [0.2, 0.25) is 0 Å². The molecule has 6 N–H and O–H groups in total. The molecular weight excluding hydrogens is 508 g/mol. The van der Waals surface area contributed by atoms with Gasteiger partial charge in [-0.1, -0.05) is 84.9 Å². The molecule has 0 saturated carbocycles. The van der Waals surface area contributed by atoms with E-state index in [9.17, 15) is 25.2 Å². The second-order valence-electron chi connectivity index (χ2n) is 10.1. The van der Waals surface area contributed by atoms with Gasteiger partial charge in [0.25, 0.3) is 0 Å². The molecule has 216 valence electrons. The minimum Gasteiger partial charge on any atom is -0.394 e. The van der Waals surface area contributed by atoms with Crippen molar-refractivity contribution in [2.45, 2.75) is 50.1 Å². The highest BCUT2D eigenvalue weighted by atomic mass is 16.4. The van der Waals surface area contributed by atoms with Gasteiger partial charge in [0.2, 0.25) is 5.91 Å². The summed E-state index contributed by atoms with van der Waals surface area (Å²) in [6, 6.07) is 28.3. The van der Waals surface area contributed by atoms with Crippen molar-refractivity contribution in [3.63, 3.8) is 0 Å². The predicted octanol–water partition coefficient (Wildman–Crippen LogP) is 1.77. The van der Waals surface area contributed by atoms with Crippen LogP contribution in [-0.4, -0.2) is 93.5 Å². The fourth-order valence-corrected chi connectivity index (χ4v) is 4.58. The van der Waals surface area contributed by atoms with Crippen molar-refractivity contribution in [2.24, 2.45) is 0 Å². The molecule has 0 saturated heterocycles. The van der Waals surface area contributed by atoms with Gasteiger partial charge in [0.15, 0.2) is 0 Å². The number of aliphatic hydroxyl groups is 5. The summed E-state index contributed by atoms with van der Waals surface area (Å²) in [6.45, 7) is 0.709. The molecule has 40 heavy (non-hydrogen) atoms. The van der Waals surface area contributed by atoms with E-state index in [1.165, 1.54) is 5.56 Å². The summed E-state index contributed by atoms with van der Waals surface area (Å²) in [5.74, 6) is -0.0709. The van der Waals surface area contributed by atoms with Crippen LogP contribution in [0.25, 0.3) is 11.1 Å². The Kier molecular flexibility index (Phi) is 13.3. The van der Waals surface area contributed by atoms with Crippen molar-refractivity contribution in [1.29, 1.82) is 0 Å². The van der Waals surface area contributed by atoms with Crippen molar-refractivity contribution in [1.82, 2.24) is 10.2 Å². The van der Waals surface area contributed by atoms with E-state index in [0.717, 1.165) is 29.5 Å². The molecule has 0 heterocycles. The Labute approximate surface area is 236 Å². The van der Waals surface area contributed by atoms with Crippen molar-refractivity contribution in [3.8, 4) is 11.1 Å². The number of aryl methyl sites for hydroxylation is 2. The summed E-state index contributed by atoms with van der Waals surface area (Å²) in [5.41, 5.74) is 4.55. The summed E-state index contributed by atoms with van der Waals surface area (Å²) < 4.78 is 0. The normalized spacial score (nSPS) is 14.4. The quantitative estimate of drug-likeness (QED) is 0.151. The van der Waals surface area contributed by atoms with Crippen LogP contribution in [0, 0.1) is 0 Å². The van der Waals surface area contributed by atoms with E-state index in [1.807, 2.05) is 65.6 Å². The Morgan fingerprint density at radius 2 is 1.27 bits per heavy atom. The maximum Gasteiger partial charge on any atom is 0.220 e. The minimum absolute atomic E-state index is 0.0365. The van der Waals surface area contributed by atoms with Crippen molar-refractivity contribution < 1.29 is 30.3 Å². The van der Waals surface area contributed by atoms with E-state index in [-0.39, 0.29) is 12.5 Å². The third-order valence-electron chi connectivity index (χ3n) is 7.01. The molecule has 0 bridgehead atoms. The zero-order valence-electron chi connectivity index (χ0n) is 22.8. The Morgan fingerprint density at radius 1 is 0.700 bits per heavy atom. The fourth-order valence-electron chi connectivity index (χ4n) is 4.58. The van der Waals surface area contributed by atoms with Gasteiger partial charge in [-0.25, -0.2) is 0 Å². The van der Waals surface area contributed by atoms with Gasteiger partial charge in [-0.05, 0) is 48.1 Å². The Morgan fingerprint density at radius 3 is 1.93 bits per heavy atom. The SMILES string of the molecule is O=C(CCc1ccc(-c2ccccc2)cc1)NCCN(CCCc1ccccc1)C[C@H](O)[C@@H](O)[C@H](O)[C@H](O)CO. The van der Waals surface area contributed by atoms with Crippen molar-refractivity contribution in [3.05, 3.63) is 96.1 Å². The fraction of sp³-hybridized carbons (Fsp3) is 0.406. The molecule has 0 spiro atoms. The van der Waals surface area contributed by atoms with E-state index in [1.54, 1.807) is 0 Å². The third-order valence-corrected chi connectivity index (χ3v) is 7.01. The number of carbonyl (C=O) groups excluding carboxylic acids is 1. The highest BCUT2D eigenvalue weighted by Crippen LogP contribution is 2.19. The average Bonchev–Trinajstić information content (AvgIpc) is 3.00. The van der Waals surface area contributed by atoms with Gasteiger partial charge in [-0.15, -0.1) is 0 Å². The summed E-state index contributed by atoms with van der Waals surface area (Å²) in [6.07, 6.45) is -3.59. The highest BCUT2D eigenvalue weighted by molar-refractivity contribution is 5.76. The summed E-state index contributed by atoms with van der Waals surface area (Å²) >= 11 is 0. The van der Waals surface area contributed by atoms with Crippen LogP contribution >= 0.6 is 0 Å². The highest BCUT2D eigenvalue weighted by Gasteiger charge is 2.31. The number of nitrogens with one attached hydrogen (secondary N) is 1. The van der Waals surface area contributed by atoms with Crippen LogP contribution in [-0.2, 0) is 17.6 Å². The topological polar surface area (TPSA) is 133 Å². The van der Waals surface area contributed by atoms with Gasteiger partial charge in [-0.3, -0.25) is 9.69 Å². The van der Waals surface area contributed by atoms with Gasteiger partial charge >= 0.3 is 0 Å². The van der Waals surface area contributed by atoms with Gasteiger partial charge in [0, 0.05) is 26.1 Å². The molecule has 3 rings (SSSR count). The molecule has 3 aromatic carbocycles. The van der Waals surface area contributed by atoms with E-state index >= 15 is 0 Å². The van der Waals surface area contributed by atoms with Crippen LogP contribution in [0.5, 0.6) is 0 Å². The molecule has 3 aromatic rings. The number of aliphatic hydroxyl groups excluding tert-OH is 5. The molecule has 1 amide bonds. The van der Waals surface area contributed by atoms with Crippen molar-refractivity contribution in [2.75, 3.05) is 32.8 Å². The molecule has 4 atom stereocenters. The van der Waals surface area contributed by atoms with E-state index in [4.69, 9.17) is 5.11 Å². The lowest BCUT2D eigenvalue weighted by atomic mass is 10.0. The first-order chi connectivity index (χ1) is 19.4. The first kappa shape index (κ1) is 31.4. The molecule has 0 fully saturated rings. The molecule has 0 unspecified atom stereocenters. The number of benzene rings is 3. The second kappa shape index (κ2) is 16.9. The lowest BCUT2D eigenvalue weighted by Crippen LogP contribution is -2.50. The average molecular weight is 551 g/mol. The molecule has 0 aliphatic rings. The molecule has 0 aliphatic carbocycles. The van der Waals surface area contributed by atoms with E-state index in [0.29, 0.717) is 32.5 Å². The summed E-state index contributed by atoms with van der Waals surface area (Å²) in [7, 11) is 0. The second-order valence-corrected chi connectivity index (χ2v) is 10.1. The number of carbonyl (C=O) groups is 1. The number of nitrogens with zero attached hydrogens (tertiary/aromatic N) is 1. The molecular formula is C32H42N2O6. The third kappa shape index (κ3) is 10.5. The summed E-state index contributed by atoms with van der Waals surface area (Å²) in [5, 5.41) is 52.3. The smallest absolute Gasteiger partial charge is 0.220 e. The Bertz CT molecular complexity index is 1110. The molecule has 0 aliphatic heterocycles. The lowest BCUT2D eigenvalue weighted by Gasteiger charge is -2.30.